The van der Waals surface area contributed by atoms with Crippen LogP contribution in [0.15, 0.2) is 30.6 Å². The number of aryl methyl sites for hydroxylation is 1. The van der Waals surface area contributed by atoms with Gasteiger partial charge in [0.05, 0.1) is 0 Å². The second kappa shape index (κ2) is 3.49. The van der Waals surface area contributed by atoms with Crippen molar-refractivity contribution in [2.24, 2.45) is 0 Å². The maximum absolute atomic E-state index is 2.25. The summed E-state index contributed by atoms with van der Waals surface area (Å²) in [5.74, 6) is 0.603. The Hall–Kier alpha value is -1.24. The highest BCUT2D eigenvalue weighted by Gasteiger charge is 2.05. The lowest BCUT2D eigenvalue weighted by molar-refractivity contribution is 0.772. The Morgan fingerprint density at radius 3 is 2.64 bits per heavy atom. The summed E-state index contributed by atoms with van der Waals surface area (Å²) in [6.07, 6.45) is 4.48. The van der Waals surface area contributed by atoms with Crippen LogP contribution in [0.5, 0.6) is 0 Å². The van der Waals surface area contributed by atoms with Crippen LogP contribution in [0.4, 0.5) is 0 Å². The number of hydrogen-bond donors (Lipinski definition) is 0. The predicted octanol–water partition coefficient (Wildman–Crippen LogP) is 3.78. The maximum atomic E-state index is 2.25. The summed E-state index contributed by atoms with van der Waals surface area (Å²) >= 11 is 0. The predicted molar refractivity (Wildman–Crippen MR) is 61.7 cm³/mol. The molecule has 1 heterocycles. The zero-order chi connectivity index (χ0) is 10.1. The summed E-state index contributed by atoms with van der Waals surface area (Å²) in [7, 11) is 0. The fraction of sp³-hybridized carbons (Fsp3) is 0.385. The van der Waals surface area contributed by atoms with Crippen molar-refractivity contribution in [2.45, 2.75) is 33.2 Å². The topological polar surface area (TPSA) is 4.93 Å². The molecule has 1 heteroatoms. The van der Waals surface area contributed by atoms with Crippen LogP contribution in [0.1, 0.15) is 32.3 Å². The van der Waals surface area contributed by atoms with E-state index in [4.69, 9.17) is 0 Å². The van der Waals surface area contributed by atoms with Gasteiger partial charge in [0.15, 0.2) is 0 Å². The molecule has 0 N–H and O–H groups in total. The number of fused-ring (bicyclic) bond motifs is 1. The van der Waals surface area contributed by atoms with E-state index >= 15 is 0 Å². The molecule has 0 saturated carbocycles. The first-order valence-electron chi connectivity index (χ1n) is 5.30. The Balaban J connectivity index is 2.66. The highest BCUT2D eigenvalue weighted by atomic mass is 14.9. The highest BCUT2D eigenvalue weighted by molar-refractivity contribution is 5.86. The molecule has 0 bridgehead atoms. The SMILES string of the molecule is CCn1cc2cccc(C(C)C)c2c1. The summed E-state index contributed by atoms with van der Waals surface area (Å²) in [6.45, 7) is 7.72. The van der Waals surface area contributed by atoms with Gasteiger partial charge in [0.25, 0.3) is 0 Å². The van der Waals surface area contributed by atoms with Gasteiger partial charge in [-0.1, -0.05) is 32.0 Å². The molecule has 0 spiro atoms. The number of benzene rings is 1. The standard InChI is InChI=1S/C13H17N/c1-4-14-8-11-6-5-7-12(10(2)3)13(11)9-14/h5-10H,4H2,1-3H3. The second-order valence-corrected chi connectivity index (χ2v) is 4.09. The van der Waals surface area contributed by atoms with Crippen LogP contribution in [0, 0.1) is 0 Å². The summed E-state index contributed by atoms with van der Waals surface area (Å²) in [4.78, 5) is 0. The van der Waals surface area contributed by atoms with Crippen molar-refractivity contribution >= 4 is 10.8 Å². The lowest BCUT2D eigenvalue weighted by atomic mass is 9.99. The van der Waals surface area contributed by atoms with Crippen LogP contribution < -0.4 is 0 Å². The zero-order valence-electron chi connectivity index (χ0n) is 9.12. The Morgan fingerprint density at radius 2 is 2.00 bits per heavy atom. The number of nitrogens with zero attached hydrogens (tertiary/aromatic N) is 1. The van der Waals surface area contributed by atoms with Crippen LogP contribution in [0.2, 0.25) is 0 Å². The lowest BCUT2D eigenvalue weighted by Gasteiger charge is -2.05. The van der Waals surface area contributed by atoms with Crippen molar-refractivity contribution in [1.29, 1.82) is 0 Å². The molecular formula is C13H17N. The van der Waals surface area contributed by atoms with E-state index in [9.17, 15) is 0 Å². The van der Waals surface area contributed by atoms with Gasteiger partial charge in [-0.3, -0.25) is 0 Å². The monoisotopic (exact) mass is 187 g/mol. The first kappa shape index (κ1) is 9.32. The van der Waals surface area contributed by atoms with Crippen molar-refractivity contribution in [3.63, 3.8) is 0 Å². The Morgan fingerprint density at radius 1 is 1.21 bits per heavy atom. The molecule has 1 nitrogen and oxygen atoms in total. The molecule has 0 radical (unpaired) electrons. The highest BCUT2D eigenvalue weighted by Crippen LogP contribution is 2.25. The van der Waals surface area contributed by atoms with Crippen LogP contribution in [-0.2, 0) is 6.54 Å². The van der Waals surface area contributed by atoms with Crippen molar-refractivity contribution in [1.82, 2.24) is 4.57 Å². The van der Waals surface area contributed by atoms with Crippen molar-refractivity contribution in [3.05, 3.63) is 36.2 Å². The molecule has 0 aliphatic heterocycles. The molecule has 0 amide bonds. The molecule has 0 aliphatic rings. The fourth-order valence-electron chi connectivity index (χ4n) is 1.93. The Bertz CT molecular complexity index is 437. The number of rotatable bonds is 2. The third-order valence-corrected chi connectivity index (χ3v) is 2.76. The Labute approximate surface area is 85.4 Å². The quantitative estimate of drug-likeness (QED) is 0.674. The van der Waals surface area contributed by atoms with Gasteiger partial charge in [0, 0.05) is 24.3 Å². The van der Waals surface area contributed by atoms with E-state index < -0.39 is 0 Å². The summed E-state index contributed by atoms with van der Waals surface area (Å²) in [5.41, 5.74) is 1.45. The smallest absolute Gasteiger partial charge is 0.0191 e. The van der Waals surface area contributed by atoms with Crippen molar-refractivity contribution in [3.8, 4) is 0 Å². The van der Waals surface area contributed by atoms with E-state index in [1.807, 2.05) is 0 Å². The van der Waals surface area contributed by atoms with E-state index in [0.29, 0.717) is 5.92 Å². The normalized spacial score (nSPS) is 11.4. The van der Waals surface area contributed by atoms with Gasteiger partial charge < -0.3 is 4.57 Å². The van der Waals surface area contributed by atoms with Gasteiger partial charge in [-0.25, -0.2) is 0 Å². The lowest BCUT2D eigenvalue weighted by Crippen LogP contribution is -1.88. The number of aromatic nitrogens is 1. The van der Waals surface area contributed by atoms with Gasteiger partial charge in [-0.2, -0.15) is 0 Å². The van der Waals surface area contributed by atoms with Crippen LogP contribution >= 0.6 is 0 Å². The van der Waals surface area contributed by atoms with E-state index in [2.05, 4.69) is 55.9 Å². The molecule has 1 aromatic heterocycles. The summed E-state index contributed by atoms with van der Waals surface area (Å²) < 4.78 is 2.25. The molecule has 0 atom stereocenters. The van der Waals surface area contributed by atoms with Crippen molar-refractivity contribution < 1.29 is 0 Å². The van der Waals surface area contributed by atoms with Crippen molar-refractivity contribution in [2.75, 3.05) is 0 Å². The minimum atomic E-state index is 0.603. The average molecular weight is 187 g/mol. The van der Waals surface area contributed by atoms with Crippen LogP contribution in [0.3, 0.4) is 0 Å². The largest absolute Gasteiger partial charge is 0.353 e. The van der Waals surface area contributed by atoms with Crippen LogP contribution in [-0.4, -0.2) is 4.57 Å². The van der Waals surface area contributed by atoms with Gasteiger partial charge in [0.1, 0.15) is 0 Å². The van der Waals surface area contributed by atoms with Gasteiger partial charge in [-0.15, -0.1) is 0 Å². The molecule has 0 unspecified atom stereocenters. The Kier molecular flexibility index (Phi) is 2.32. The molecule has 14 heavy (non-hydrogen) atoms. The molecule has 0 aliphatic carbocycles. The van der Waals surface area contributed by atoms with Crippen LogP contribution in [0.25, 0.3) is 10.8 Å². The third kappa shape index (κ3) is 1.43. The maximum Gasteiger partial charge on any atom is 0.0191 e. The molecule has 0 fully saturated rings. The molecule has 74 valence electrons. The molecule has 2 rings (SSSR count). The molecule has 0 saturated heterocycles. The second-order valence-electron chi connectivity index (χ2n) is 4.09. The fourth-order valence-corrected chi connectivity index (χ4v) is 1.93. The zero-order valence-corrected chi connectivity index (χ0v) is 9.12. The molecule has 2 aromatic rings. The molecular weight excluding hydrogens is 170 g/mol. The van der Waals surface area contributed by atoms with Gasteiger partial charge >= 0.3 is 0 Å². The first-order valence-corrected chi connectivity index (χ1v) is 5.30. The minimum absolute atomic E-state index is 0.603. The number of hydrogen-bond acceptors (Lipinski definition) is 0. The molecule has 1 aromatic carbocycles. The van der Waals surface area contributed by atoms with E-state index in [1.54, 1.807) is 0 Å². The summed E-state index contributed by atoms with van der Waals surface area (Å²) in [5, 5.41) is 2.77. The first-order chi connectivity index (χ1) is 6.72. The van der Waals surface area contributed by atoms with Gasteiger partial charge in [-0.05, 0) is 23.8 Å². The van der Waals surface area contributed by atoms with E-state index in [-0.39, 0.29) is 0 Å². The average Bonchev–Trinajstić information content (AvgIpc) is 2.59. The van der Waals surface area contributed by atoms with E-state index in [0.717, 1.165) is 6.54 Å². The van der Waals surface area contributed by atoms with E-state index in [1.165, 1.54) is 16.3 Å². The minimum Gasteiger partial charge on any atom is -0.353 e. The third-order valence-electron chi connectivity index (χ3n) is 2.76. The summed E-state index contributed by atoms with van der Waals surface area (Å²) in [6, 6.07) is 6.57. The van der Waals surface area contributed by atoms with Gasteiger partial charge in [0.2, 0.25) is 0 Å².